The lowest BCUT2D eigenvalue weighted by Crippen LogP contribution is -2.17. The van der Waals surface area contributed by atoms with E-state index < -0.39 is 0 Å². The Hall–Kier alpha value is -2.73. The zero-order chi connectivity index (χ0) is 14.9. The molecule has 0 radical (unpaired) electrons. The maximum absolute atomic E-state index is 8.89. The summed E-state index contributed by atoms with van der Waals surface area (Å²) in [7, 11) is 0. The van der Waals surface area contributed by atoms with Gasteiger partial charge < -0.3 is 10.3 Å². The third-order valence-electron chi connectivity index (χ3n) is 4.47. The summed E-state index contributed by atoms with van der Waals surface area (Å²) >= 11 is 0. The van der Waals surface area contributed by atoms with Crippen molar-refractivity contribution in [3.63, 3.8) is 0 Å². The lowest BCUT2D eigenvalue weighted by Gasteiger charge is -2.24. The molecule has 2 aromatic carbocycles. The fraction of sp³-hybridized carbons (Fsp3) is 0.211. The van der Waals surface area contributed by atoms with E-state index in [9.17, 15) is 0 Å². The fourth-order valence-electron chi connectivity index (χ4n) is 3.40. The predicted octanol–water partition coefficient (Wildman–Crippen LogP) is 4.53. The third kappa shape index (κ3) is 2.14. The zero-order valence-corrected chi connectivity index (χ0v) is 12.3. The van der Waals surface area contributed by atoms with Gasteiger partial charge in [-0.05, 0) is 55.2 Å². The number of hydrogen-bond donors (Lipinski definition) is 2. The number of para-hydroxylation sites is 1. The molecule has 2 N–H and O–H groups in total. The first kappa shape index (κ1) is 13.0. The van der Waals surface area contributed by atoms with Gasteiger partial charge in [0.2, 0.25) is 0 Å². The van der Waals surface area contributed by atoms with Gasteiger partial charge in [-0.3, -0.25) is 0 Å². The van der Waals surface area contributed by atoms with Crippen LogP contribution >= 0.6 is 0 Å². The molecule has 1 aromatic heterocycles. The van der Waals surface area contributed by atoms with Crippen LogP contribution in [0.15, 0.2) is 48.5 Å². The highest BCUT2D eigenvalue weighted by Gasteiger charge is 2.23. The number of nitriles is 1. The maximum Gasteiger partial charge on any atom is 0.0991 e. The van der Waals surface area contributed by atoms with E-state index in [1.807, 2.05) is 24.3 Å². The van der Waals surface area contributed by atoms with Gasteiger partial charge in [0.25, 0.3) is 0 Å². The smallest absolute Gasteiger partial charge is 0.0991 e. The molecule has 0 saturated carbocycles. The summed E-state index contributed by atoms with van der Waals surface area (Å²) < 4.78 is 0. The number of aromatic amines is 1. The molecular formula is C19H17N3. The minimum Gasteiger partial charge on any atom is -0.377 e. The summed E-state index contributed by atoms with van der Waals surface area (Å²) in [6.45, 7) is 0. The Labute approximate surface area is 129 Å². The Morgan fingerprint density at radius 3 is 2.73 bits per heavy atom. The third-order valence-corrected chi connectivity index (χ3v) is 4.47. The normalized spacial score (nSPS) is 17.0. The van der Waals surface area contributed by atoms with Gasteiger partial charge in [-0.2, -0.15) is 5.26 Å². The van der Waals surface area contributed by atoms with Gasteiger partial charge in [0.1, 0.15) is 0 Å². The van der Waals surface area contributed by atoms with Crippen molar-refractivity contribution in [2.75, 3.05) is 5.32 Å². The largest absolute Gasteiger partial charge is 0.377 e. The quantitative estimate of drug-likeness (QED) is 0.727. The van der Waals surface area contributed by atoms with Crippen molar-refractivity contribution in [2.45, 2.75) is 25.3 Å². The Kier molecular flexibility index (Phi) is 3.08. The van der Waals surface area contributed by atoms with Gasteiger partial charge in [0.05, 0.1) is 17.7 Å². The van der Waals surface area contributed by atoms with Crippen molar-refractivity contribution in [2.24, 2.45) is 0 Å². The first-order valence-electron chi connectivity index (χ1n) is 7.71. The average Bonchev–Trinajstić information content (AvgIpc) is 2.95. The number of hydrogen-bond acceptors (Lipinski definition) is 2. The van der Waals surface area contributed by atoms with Crippen LogP contribution in [0.4, 0.5) is 5.69 Å². The van der Waals surface area contributed by atoms with E-state index in [-0.39, 0.29) is 0 Å². The van der Waals surface area contributed by atoms with Gasteiger partial charge in [-0.15, -0.1) is 0 Å². The van der Waals surface area contributed by atoms with Gasteiger partial charge in [-0.25, -0.2) is 0 Å². The first-order valence-corrected chi connectivity index (χ1v) is 7.71. The number of anilines is 1. The van der Waals surface area contributed by atoms with Crippen LogP contribution in [0.2, 0.25) is 0 Å². The Morgan fingerprint density at radius 2 is 1.91 bits per heavy atom. The van der Waals surface area contributed by atoms with Crippen molar-refractivity contribution in [3.05, 3.63) is 65.4 Å². The monoisotopic (exact) mass is 287 g/mol. The highest BCUT2D eigenvalue weighted by Crippen LogP contribution is 2.36. The highest BCUT2D eigenvalue weighted by molar-refractivity contribution is 5.85. The van der Waals surface area contributed by atoms with Gasteiger partial charge >= 0.3 is 0 Å². The first-order chi connectivity index (χ1) is 10.8. The summed E-state index contributed by atoms with van der Waals surface area (Å²) in [5, 5.41) is 13.8. The molecular weight excluding hydrogens is 270 g/mol. The number of nitrogens with zero attached hydrogens (tertiary/aromatic N) is 1. The fourth-order valence-corrected chi connectivity index (χ4v) is 3.40. The van der Waals surface area contributed by atoms with Gasteiger partial charge in [0, 0.05) is 22.3 Å². The standard InChI is InChI=1S/C19H17N3/c20-12-13-8-10-14(11-9-13)21-18-7-3-5-16-15-4-1-2-6-17(15)22-19(16)18/h1-2,4,6,8-11,18,21-22H,3,5,7H2. The molecule has 0 spiro atoms. The van der Waals surface area contributed by atoms with Crippen LogP contribution in [0.1, 0.15) is 35.7 Å². The lowest BCUT2D eigenvalue weighted by molar-refractivity contribution is 0.593. The Balaban J connectivity index is 1.68. The minimum atomic E-state index is 0.309. The zero-order valence-electron chi connectivity index (χ0n) is 12.3. The van der Waals surface area contributed by atoms with Crippen molar-refractivity contribution in [1.29, 1.82) is 5.26 Å². The lowest BCUT2D eigenvalue weighted by atomic mass is 9.91. The van der Waals surface area contributed by atoms with Crippen molar-refractivity contribution >= 4 is 16.6 Å². The van der Waals surface area contributed by atoms with Crippen LogP contribution in [-0.4, -0.2) is 4.98 Å². The number of aryl methyl sites for hydroxylation is 1. The second-order valence-electron chi connectivity index (χ2n) is 5.84. The topological polar surface area (TPSA) is 51.6 Å². The molecule has 3 heteroatoms. The van der Waals surface area contributed by atoms with Crippen molar-refractivity contribution in [1.82, 2.24) is 4.98 Å². The summed E-state index contributed by atoms with van der Waals surface area (Å²) in [5.74, 6) is 0. The molecule has 1 atom stereocenters. The van der Waals surface area contributed by atoms with E-state index in [1.54, 1.807) is 0 Å². The maximum atomic E-state index is 8.89. The van der Waals surface area contributed by atoms with Crippen LogP contribution in [-0.2, 0) is 6.42 Å². The Bertz CT molecular complexity index is 853. The summed E-state index contributed by atoms with van der Waals surface area (Å²) in [4.78, 5) is 3.59. The second kappa shape index (κ2) is 5.23. The Morgan fingerprint density at radius 1 is 1.09 bits per heavy atom. The van der Waals surface area contributed by atoms with E-state index in [1.165, 1.54) is 28.6 Å². The average molecular weight is 287 g/mol. The molecule has 4 rings (SSSR count). The van der Waals surface area contributed by atoms with Crippen molar-refractivity contribution in [3.8, 4) is 6.07 Å². The van der Waals surface area contributed by atoms with Crippen molar-refractivity contribution < 1.29 is 0 Å². The molecule has 1 heterocycles. The van der Waals surface area contributed by atoms with Crippen LogP contribution < -0.4 is 5.32 Å². The number of rotatable bonds is 2. The van der Waals surface area contributed by atoms with Gasteiger partial charge in [0.15, 0.2) is 0 Å². The molecule has 1 unspecified atom stereocenters. The summed E-state index contributed by atoms with van der Waals surface area (Å²) in [5.41, 5.74) is 5.75. The summed E-state index contributed by atoms with van der Waals surface area (Å²) in [6, 6.07) is 18.7. The number of fused-ring (bicyclic) bond motifs is 3. The predicted molar refractivity (Wildman–Crippen MR) is 88.8 cm³/mol. The molecule has 0 aliphatic heterocycles. The van der Waals surface area contributed by atoms with Crippen LogP contribution in [0.3, 0.4) is 0 Å². The van der Waals surface area contributed by atoms with E-state index in [4.69, 9.17) is 5.26 Å². The molecule has 0 amide bonds. The number of benzene rings is 2. The molecule has 1 aliphatic rings. The summed E-state index contributed by atoms with van der Waals surface area (Å²) in [6.07, 6.45) is 3.47. The van der Waals surface area contributed by atoms with E-state index in [2.05, 4.69) is 40.6 Å². The van der Waals surface area contributed by atoms with Crippen LogP contribution in [0.25, 0.3) is 10.9 Å². The second-order valence-corrected chi connectivity index (χ2v) is 5.84. The SMILES string of the molecule is N#Cc1ccc(NC2CCCc3c2[nH]c2ccccc32)cc1. The number of H-pyrrole nitrogens is 1. The number of nitrogens with one attached hydrogen (secondary N) is 2. The van der Waals surface area contributed by atoms with E-state index in [0.29, 0.717) is 11.6 Å². The molecule has 3 nitrogen and oxygen atoms in total. The van der Waals surface area contributed by atoms with Crippen LogP contribution in [0.5, 0.6) is 0 Å². The minimum absolute atomic E-state index is 0.309. The molecule has 1 aliphatic carbocycles. The molecule has 108 valence electrons. The molecule has 22 heavy (non-hydrogen) atoms. The van der Waals surface area contributed by atoms with E-state index in [0.717, 1.165) is 18.5 Å². The highest BCUT2D eigenvalue weighted by atomic mass is 15.0. The molecule has 0 fully saturated rings. The van der Waals surface area contributed by atoms with E-state index >= 15 is 0 Å². The number of aromatic nitrogens is 1. The van der Waals surface area contributed by atoms with Gasteiger partial charge in [-0.1, -0.05) is 18.2 Å². The molecule has 3 aromatic rings. The molecule has 0 bridgehead atoms. The molecule has 0 saturated heterocycles. The van der Waals surface area contributed by atoms with Crippen LogP contribution in [0, 0.1) is 11.3 Å².